The van der Waals surface area contributed by atoms with Crippen molar-refractivity contribution in [3.8, 4) is 0 Å². The first kappa shape index (κ1) is 16.9. The lowest BCUT2D eigenvalue weighted by molar-refractivity contribution is 0.133. The van der Waals surface area contributed by atoms with Crippen LogP contribution in [0.4, 0.5) is 0 Å². The second kappa shape index (κ2) is 6.77. The van der Waals surface area contributed by atoms with Crippen LogP contribution >= 0.6 is 11.3 Å². The molecule has 2 rings (SSSR count). The molecule has 0 atom stereocenters. The zero-order valence-corrected chi connectivity index (χ0v) is 14.8. The number of hydrogen-bond donors (Lipinski definition) is 2. The van der Waals surface area contributed by atoms with Gasteiger partial charge in [0, 0.05) is 18.0 Å². The van der Waals surface area contributed by atoms with Crippen molar-refractivity contribution in [3.63, 3.8) is 0 Å². The van der Waals surface area contributed by atoms with Gasteiger partial charge in [-0.25, -0.2) is 13.1 Å². The van der Waals surface area contributed by atoms with Gasteiger partial charge in [-0.1, -0.05) is 20.3 Å². The molecule has 1 saturated carbocycles. The average molecular weight is 331 g/mol. The molecule has 0 bridgehead atoms. The molecular formula is C15H26N2O2S2. The summed E-state index contributed by atoms with van der Waals surface area (Å²) in [7, 11) is -3.41. The zero-order valence-electron chi connectivity index (χ0n) is 13.2. The molecular weight excluding hydrogens is 304 g/mol. The third-order valence-corrected chi connectivity index (χ3v) is 7.46. The van der Waals surface area contributed by atoms with Gasteiger partial charge in [0.2, 0.25) is 10.0 Å². The molecule has 0 spiro atoms. The molecule has 1 aliphatic rings. The van der Waals surface area contributed by atoms with Crippen LogP contribution in [0.1, 0.15) is 50.0 Å². The van der Waals surface area contributed by atoms with Gasteiger partial charge in [-0.2, -0.15) is 0 Å². The van der Waals surface area contributed by atoms with Crippen LogP contribution in [0.25, 0.3) is 0 Å². The first-order chi connectivity index (χ1) is 9.94. The second-order valence-corrected chi connectivity index (χ2v) is 8.65. The highest BCUT2D eigenvalue weighted by molar-refractivity contribution is 7.89. The first-order valence-corrected chi connectivity index (χ1v) is 10.1. The lowest BCUT2D eigenvalue weighted by atomic mass is 9.67. The Morgan fingerprint density at radius 1 is 1.33 bits per heavy atom. The van der Waals surface area contributed by atoms with E-state index in [0.717, 1.165) is 36.2 Å². The molecule has 0 saturated heterocycles. The van der Waals surface area contributed by atoms with E-state index in [1.807, 2.05) is 19.2 Å². The maximum Gasteiger partial charge on any atom is 0.242 e. The fraction of sp³-hybridized carbons (Fsp3) is 0.733. The van der Waals surface area contributed by atoms with Gasteiger partial charge in [-0.15, -0.1) is 11.3 Å². The molecule has 0 aliphatic heterocycles. The molecule has 1 aliphatic carbocycles. The van der Waals surface area contributed by atoms with Gasteiger partial charge in [0.15, 0.2) is 0 Å². The van der Waals surface area contributed by atoms with Crippen molar-refractivity contribution in [2.75, 3.05) is 13.1 Å². The molecule has 1 aromatic rings. The van der Waals surface area contributed by atoms with Crippen molar-refractivity contribution >= 4 is 21.4 Å². The second-order valence-electron chi connectivity index (χ2n) is 5.98. The molecule has 6 heteroatoms. The van der Waals surface area contributed by atoms with Crippen LogP contribution in [-0.4, -0.2) is 21.5 Å². The van der Waals surface area contributed by atoms with Crippen molar-refractivity contribution in [1.82, 2.24) is 10.0 Å². The Morgan fingerprint density at radius 3 is 2.57 bits per heavy atom. The third-order valence-electron chi connectivity index (χ3n) is 4.60. The van der Waals surface area contributed by atoms with E-state index in [4.69, 9.17) is 0 Å². The van der Waals surface area contributed by atoms with E-state index in [9.17, 15) is 8.42 Å². The van der Waals surface area contributed by atoms with Crippen LogP contribution in [-0.2, 0) is 16.6 Å². The average Bonchev–Trinajstić information content (AvgIpc) is 2.77. The summed E-state index contributed by atoms with van der Waals surface area (Å²) in [6, 6.07) is 0. The summed E-state index contributed by atoms with van der Waals surface area (Å²) in [5.41, 5.74) is 1.04. The van der Waals surface area contributed by atoms with Crippen molar-refractivity contribution in [2.24, 2.45) is 5.41 Å². The number of nitrogens with one attached hydrogen (secondary N) is 2. The molecule has 1 fully saturated rings. The van der Waals surface area contributed by atoms with Gasteiger partial charge in [-0.3, -0.25) is 0 Å². The fourth-order valence-electron chi connectivity index (χ4n) is 2.86. The van der Waals surface area contributed by atoms with Gasteiger partial charge in [0.1, 0.15) is 4.90 Å². The van der Waals surface area contributed by atoms with Crippen molar-refractivity contribution < 1.29 is 8.42 Å². The lowest BCUT2D eigenvalue weighted by Gasteiger charge is -2.41. The molecule has 1 heterocycles. The van der Waals surface area contributed by atoms with E-state index in [2.05, 4.69) is 17.0 Å². The highest BCUT2D eigenvalue weighted by atomic mass is 32.2. The molecule has 120 valence electrons. The molecule has 0 amide bonds. The molecule has 21 heavy (non-hydrogen) atoms. The number of rotatable bonds is 8. The summed E-state index contributed by atoms with van der Waals surface area (Å²) >= 11 is 1.52. The Hall–Kier alpha value is -0.430. The van der Waals surface area contributed by atoms with Crippen LogP contribution in [0.5, 0.6) is 0 Å². The van der Waals surface area contributed by atoms with Crippen LogP contribution in [0.3, 0.4) is 0 Å². The fourth-order valence-corrected chi connectivity index (χ4v) is 5.79. The first-order valence-electron chi connectivity index (χ1n) is 7.71. The van der Waals surface area contributed by atoms with Gasteiger partial charge < -0.3 is 5.32 Å². The van der Waals surface area contributed by atoms with Crippen LogP contribution in [0.2, 0.25) is 0 Å². The van der Waals surface area contributed by atoms with E-state index < -0.39 is 10.0 Å². The Bertz CT molecular complexity index is 569. The van der Waals surface area contributed by atoms with Crippen molar-refractivity contribution in [1.29, 1.82) is 0 Å². The standard InChI is InChI=1S/C15H26N2O2S2/c1-4-15(7-6-8-15)11-17-21(18,19)14-12(3)10-20-13(14)9-16-5-2/h10,16-17H,4-9,11H2,1-3H3. The van der Waals surface area contributed by atoms with E-state index in [1.165, 1.54) is 17.8 Å². The lowest BCUT2D eigenvalue weighted by Crippen LogP contribution is -2.41. The number of aryl methyl sites for hydroxylation is 1. The number of thiophene rings is 1. The van der Waals surface area contributed by atoms with E-state index >= 15 is 0 Å². The van der Waals surface area contributed by atoms with E-state index in [-0.39, 0.29) is 5.41 Å². The molecule has 4 nitrogen and oxygen atoms in total. The molecule has 0 aromatic carbocycles. The molecule has 0 radical (unpaired) electrons. The summed E-state index contributed by atoms with van der Waals surface area (Å²) in [4.78, 5) is 1.39. The van der Waals surface area contributed by atoms with E-state index in [1.54, 1.807) is 0 Å². The summed E-state index contributed by atoms with van der Waals surface area (Å²) in [6.07, 6.45) is 4.54. The minimum atomic E-state index is -3.41. The predicted octanol–water partition coefficient (Wildman–Crippen LogP) is 3.02. The van der Waals surface area contributed by atoms with Gasteiger partial charge in [-0.05, 0) is 49.1 Å². The predicted molar refractivity (Wildman–Crippen MR) is 88.2 cm³/mol. The van der Waals surface area contributed by atoms with Gasteiger partial charge in [0.05, 0.1) is 0 Å². The third kappa shape index (κ3) is 3.67. The monoisotopic (exact) mass is 330 g/mol. The maximum atomic E-state index is 12.7. The normalized spacial score (nSPS) is 17.7. The van der Waals surface area contributed by atoms with E-state index in [0.29, 0.717) is 18.0 Å². The van der Waals surface area contributed by atoms with Gasteiger partial charge >= 0.3 is 0 Å². The zero-order chi connectivity index (χ0) is 15.5. The Morgan fingerprint density at radius 2 is 2.05 bits per heavy atom. The quantitative estimate of drug-likeness (QED) is 0.770. The number of sulfonamides is 1. The topological polar surface area (TPSA) is 58.2 Å². The largest absolute Gasteiger partial charge is 0.312 e. The number of hydrogen-bond acceptors (Lipinski definition) is 4. The molecule has 2 N–H and O–H groups in total. The molecule has 1 aromatic heterocycles. The maximum absolute atomic E-state index is 12.7. The van der Waals surface area contributed by atoms with Crippen molar-refractivity contribution in [3.05, 3.63) is 15.8 Å². The SMILES string of the molecule is CCNCc1scc(C)c1S(=O)(=O)NCC1(CC)CCC1. The molecule has 0 unspecified atom stereocenters. The Labute approximate surface area is 132 Å². The summed E-state index contributed by atoms with van der Waals surface area (Å²) in [5, 5.41) is 5.15. The minimum absolute atomic E-state index is 0.193. The summed E-state index contributed by atoms with van der Waals surface area (Å²) in [5.74, 6) is 0. The van der Waals surface area contributed by atoms with Crippen LogP contribution in [0.15, 0.2) is 10.3 Å². The summed E-state index contributed by atoms with van der Waals surface area (Å²) in [6.45, 7) is 8.07. The van der Waals surface area contributed by atoms with Crippen LogP contribution < -0.4 is 10.0 Å². The van der Waals surface area contributed by atoms with Gasteiger partial charge in [0.25, 0.3) is 0 Å². The Balaban J connectivity index is 2.13. The highest BCUT2D eigenvalue weighted by Gasteiger charge is 2.36. The summed E-state index contributed by atoms with van der Waals surface area (Å²) < 4.78 is 28.2. The van der Waals surface area contributed by atoms with Crippen LogP contribution in [0, 0.1) is 12.3 Å². The van der Waals surface area contributed by atoms with Crippen molar-refractivity contribution in [2.45, 2.75) is 57.9 Å². The minimum Gasteiger partial charge on any atom is -0.312 e. The highest BCUT2D eigenvalue weighted by Crippen LogP contribution is 2.43. The Kier molecular flexibility index (Phi) is 5.46. The smallest absolute Gasteiger partial charge is 0.242 e.